The Hall–Kier alpha value is -2.38. The van der Waals surface area contributed by atoms with Crippen LogP contribution < -0.4 is 0 Å². The highest BCUT2D eigenvalue weighted by molar-refractivity contribution is 6.31. The summed E-state index contributed by atoms with van der Waals surface area (Å²) in [6.45, 7) is 0. The molecule has 4 aromatic rings. The average molecular weight is 290 g/mol. The predicted molar refractivity (Wildman–Crippen MR) is 89.7 cm³/mol. The Morgan fingerprint density at radius 1 is 0.714 bits per heavy atom. The minimum Gasteiger partial charge on any atom is -0.256 e. The Morgan fingerprint density at radius 2 is 1.52 bits per heavy atom. The molecule has 0 radical (unpaired) electrons. The van der Waals surface area contributed by atoms with E-state index in [0.29, 0.717) is 5.02 Å². The summed E-state index contributed by atoms with van der Waals surface area (Å²) in [5.74, 6) is 0. The summed E-state index contributed by atoms with van der Waals surface area (Å²) in [6, 6.07) is 22.8. The molecule has 0 aliphatic carbocycles. The smallest absolute Gasteiger partial charge is 0.0723 e. The van der Waals surface area contributed by atoms with Crippen LogP contribution >= 0.6 is 11.6 Å². The molecule has 0 amide bonds. The van der Waals surface area contributed by atoms with Crippen molar-refractivity contribution in [2.24, 2.45) is 0 Å². The zero-order valence-corrected chi connectivity index (χ0v) is 12.0. The molecule has 0 bridgehead atoms. The van der Waals surface area contributed by atoms with Gasteiger partial charge in [-0.1, -0.05) is 60.1 Å². The van der Waals surface area contributed by atoms with Crippen LogP contribution in [0.1, 0.15) is 0 Å². The zero-order valence-electron chi connectivity index (χ0n) is 11.3. The van der Waals surface area contributed by atoms with Crippen molar-refractivity contribution in [1.29, 1.82) is 0 Å². The van der Waals surface area contributed by atoms with Crippen LogP contribution in [0.15, 0.2) is 72.9 Å². The third kappa shape index (κ3) is 2.07. The molecule has 0 aliphatic heterocycles. The number of aromatic nitrogens is 1. The molecule has 4 rings (SSSR count). The molecule has 0 saturated heterocycles. The molecular formula is C19H12ClN. The normalized spacial score (nSPS) is 11.1. The van der Waals surface area contributed by atoms with E-state index in [-0.39, 0.29) is 0 Å². The molecule has 0 saturated carbocycles. The summed E-state index contributed by atoms with van der Waals surface area (Å²) >= 11 is 6.07. The average Bonchev–Trinajstić information content (AvgIpc) is 2.53. The second kappa shape index (κ2) is 4.87. The Morgan fingerprint density at radius 3 is 2.48 bits per heavy atom. The third-order valence-corrected chi connectivity index (χ3v) is 4.02. The Balaban J connectivity index is 2.09. The number of pyridine rings is 1. The lowest BCUT2D eigenvalue weighted by Gasteiger charge is -2.10. The number of nitrogens with zero attached hydrogens (tertiary/aromatic N) is 1. The van der Waals surface area contributed by atoms with Crippen molar-refractivity contribution in [1.82, 2.24) is 4.98 Å². The standard InChI is InChI=1S/C19H12ClN/c20-14-8-9-18-17(10-11-21-19(18)12-14)16-7-3-5-13-4-1-2-6-15(13)16/h1-12H. The second-order valence-corrected chi connectivity index (χ2v) is 5.48. The summed E-state index contributed by atoms with van der Waals surface area (Å²) in [5, 5.41) is 4.33. The van der Waals surface area contributed by atoms with Crippen LogP contribution in [-0.4, -0.2) is 4.98 Å². The first kappa shape index (κ1) is 12.4. The second-order valence-electron chi connectivity index (χ2n) is 5.05. The summed E-state index contributed by atoms with van der Waals surface area (Å²) in [6.07, 6.45) is 1.84. The molecule has 3 aromatic carbocycles. The van der Waals surface area contributed by atoms with Gasteiger partial charge in [-0.2, -0.15) is 0 Å². The number of hydrogen-bond donors (Lipinski definition) is 0. The summed E-state index contributed by atoms with van der Waals surface area (Å²) in [5.41, 5.74) is 3.34. The van der Waals surface area contributed by atoms with Crippen molar-refractivity contribution in [3.05, 3.63) is 77.9 Å². The Labute approximate surface area is 127 Å². The minimum atomic E-state index is 0.713. The van der Waals surface area contributed by atoms with Gasteiger partial charge in [0.05, 0.1) is 5.52 Å². The van der Waals surface area contributed by atoms with Gasteiger partial charge in [0, 0.05) is 16.6 Å². The van der Waals surface area contributed by atoms with Crippen molar-refractivity contribution in [3.8, 4) is 11.1 Å². The number of halogens is 1. The van der Waals surface area contributed by atoms with Gasteiger partial charge in [0.2, 0.25) is 0 Å². The highest BCUT2D eigenvalue weighted by atomic mass is 35.5. The van der Waals surface area contributed by atoms with Gasteiger partial charge in [0.25, 0.3) is 0 Å². The maximum atomic E-state index is 6.07. The number of fused-ring (bicyclic) bond motifs is 2. The van der Waals surface area contributed by atoms with Gasteiger partial charge in [-0.3, -0.25) is 4.98 Å². The molecule has 2 heteroatoms. The first-order chi connectivity index (χ1) is 10.3. The van der Waals surface area contributed by atoms with Crippen LogP contribution in [0.3, 0.4) is 0 Å². The van der Waals surface area contributed by atoms with Gasteiger partial charge in [-0.15, -0.1) is 0 Å². The van der Waals surface area contributed by atoms with E-state index in [2.05, 4.69) is 53.5 Å². The van der Waals surface area contributed by atoms with E-state index < -0.39 is 0 Å². The van der Waals surface area contributed by atoms with Gasteiger partial charge in [-0.25, -0.2) is 0 Å². The van der Waals surface area contributed by atoms with E-state index in [1.807, 2.05) is 24.4 Å². The first-order valence-corrected chi connectivity index (χ1v) is 7.23. The molecule has 100 valence electrons. The van der Waals surface area contributed by atoms with Crippen molar-refractivity contribution in [2.45, 2.75) is 0 Å². The molecule has 0 spiro atoms. The molecule has 0 atom stereocenters. The molecule has 0 aliphatic rings. The van der Waals surface area contributed by atoms with E-state index in [1.54, 1.807) is 0 Å². The van der Waals surface area contributed by atoms with Crippen molar-refractivity contribution in [3.63, 3.8) is 0 Å². The quantitative estimate of drug-likeness (QED) is 0.437. The fourth-order valence-corrected chi connectivity index (χ4v) is 2.98. The lowest BCUT2D eigenvalue weighted by atomic mass is 9.96. The SMILES string of the molecule is Clc1ccc2c(-c3cccc4ccccc34)ccnc2c1. The fraction of sp³-hybridized carbons (Fsp3) is 0. The number of hydrogen-bond acceptors (Lipinski definition) is 1. The largest absolute Gasteiger partial charge is 0.256 e. The molecule has 0 N–H and O–H groups in total. The Bertz CT molecular complexity index is 954. The molecular weight excluding hydrogens is 278 g/mol. The van der Waals surface area contributed by atoms with Gasteiger partial charge in [0.15, 0.2) is 0 Å². The highest BCUT2D eigenvalue weighted by Crippen LogP contribution is 2.33. The molecule has 0 unspecified atom stereocenters. The molecule has 21 heavy (non-hydrogen) atoms. The highest BCUT2D eigenvalue weighted by Gasteiger charge is 2.08. The van der Waals surface area contributed by atoms with E-state index in [0.717, 1.165) is 10.9 Å². The van der Waals surface area contributed by atoms with Crippen LogP contribution in [0.4, 0.5) is 0 Å². The maximum absolute atomic E-state index is 6.07. The summed E-state index contributed by atoms with van der Waals surface area (Å²) in [7, 11) is 0. The van der Waals surface area contributed by atoms with Crippen LogP contribution in [-0.2, 0) is 0 Å². The predicted octanol–water partition coefficient (Wildman–Crippen LogP) is 5.71. The lowest BCUT2D eigenvalue weighted by Crippen LogP contribution is -1.86. The lowest BCUT2D eigenvalue weighted by molar-refractivity contribution is 1.41. The van der Waals surface area contributed by atoms with E-state index in [9.17, 15) is 0 Å². The van der Waals surface area contributed by atoms with Gasteiger partial charge in [-0.05, 0) is 40.1 Å². The molecule has 1 aromatic heterocycles. The molecule has 1 nitrogen and oxygen atoms in total. The first-order valence-electron chi connectivity index (χ1n) is 6.85. The van der Waals surface area contributed by atoms with Crippen LogP contribution in [0.25, 0.3) is 32.8 Å². The minimum absolute atomic E-state index is 0.713. The van der Waals surface area contributed by atoms with Crippen molar-refractivity contribution in [2.75, 3.05) is 0 Å². The summed E-state index contributed by atoms with van der Waals surface area (Å²) < 4.78 is 0. The van der Waals surface area contributed by atoms with E-state index in [1.165, 1.54) is 21.9 Å². The van der Waals surface area contributed by atoms with Gasteiger partial charge >= 0.3 is 0 Å². The van der Waals surface area contributed by atoms with Crippen LogP contribution in [0.2, 0.25) is 5.02 Å². The summed E-state index contributed by atoms with van der Waals surface area (Å²) in [4.78, 5) is 4.42. The maximum Gasteiger partial charge on any atom is 0.0723 e. The van der Waals surface area contributed by atoms with Crippen molar-refractivity contribution >= 4 is 33.3 Å². The molecule has 0 fully saturated rings. The fourth-order valence-electron chi connectivity index (χ4n) is 2.82. The Kier molecular flexibility index (Phi) is 2.87. The van der Waals surface area contributed by atoms with E-state index >= 15 is 0 Å². The van der Waals surface area contributed by atoms with Crippen LogP contribution in [0, 0.1) is 0 Å². The van der Waals surface area contributed by atoms with Gasteiger partial charge < -0.3 is 0 Å². The number of rotatable bonds is 1. The monoisotopic (exact) mass is 289 g/mol. The topological polar surface area (TPSA) is 12.9 Å². The third-order valence-electron chi connectivity index (χ3n) is 3.78. The van der Waals surface area contributed by atoms with Crippen LogP contribution in [0.5, 0.6) is 0 Å². The number of benzene rings is 3. The zero-order chi connectivity index (χ0) is 14.2. The molecule has 1 heterocycles. The van der Waals surface area contributed by atoms with Crippen molar-refractivity contribution < 1.29 is 0 Å². The van der Waals surface area contributed by atoms with E-state index in [4.69, 9.17) is 11.6 Å². The van der Waals surface area contributed by atoms with Gasteiger partial charge in [0.1, 0.15) is 0 Å².